The number of nitrogens with one attached hydrogen (secondary N) is 2. The predicted molar refractivity (Wildman–Crippen MR) is 74.8 cm³/mol. The van der Waals surface area contributed by atoms with E-state index >= 15 is 0 Å². The fraction of sp³-hybridized carbons (Fsp3) is 0.333. The fourth-order valence-electron chi connectivity index (χ4n) is 2.38. The Bertz CT molecular complexity index is 726. The van der Waals surface area contributed by atoms with Crippen molar-refractivity contribution in [1.82, 2.24) is 10.3 Å². The van der Waals surface area contributed by atoms with E-state index in [1.807, 2.05) is 26.0 Å². The van der Waals surface area contributed by atoms with Gasteiger partial charge < -0.3 is 15.4 Å². The second-order valence-electron chi connectivity index (χ2n) is 5.49. The lowest BCUT2D eigenvalue weighted by Crippen LogP contribution is -2.43. The van der Waals surface area contributed by atoms with Gasteiger partial charge in [-0.3, -0.25) is 4.79 Å². The second kappa shape index (κ2) is 4.10. The van der Waals surface area contributed by atoms with E-state index in [0.29, 0.717) is 18.5 Å². The number of aliphatic carboxylic acids is 1. The molecular weight excluding hydrogens is 256 g/mol. The average molecular weight is 272 g/mol. The Morgan fingerprint density at radius 2 is 2.00 bits per heavy atom. The molecule has 1 fully saturated rings. The number of rotatable bonds is 3. The summed E-state index contributed by atoms with van der Waals surface area (Å²) in [6, 6.07) is 5.71. The molecule has 104 valence electrons. The molecule has 5 nitrogen and oxygen atoms in total. The SMILES string of the molecule is Cc1ccc2[nH]c(C(=O)NC3(C(=O)O)CC3)cc2c1C. The van der Waals surface area contributed by atoms with Crippen LogP contribution in [0.5, 0.6) is 0 Å². The molecule has 0 aliphatic heterocycles. The largest absolute Gasteiger partial charge is 0.480 e. The summed E-state index contributed by atoms with van der Waals surface area (Å²) in [6.07, 6.45) is 0.985. The molecule has 1 aromatic carbocycles. The van der Waals surface area contributed by atoms with Crippen LogP contribution in [0.3, 0.4) is 0 Å². The minimum Gasteiger partial charge on any atom is -0.480 e. The highest BCUT2D eigenvalue weighted by molar-refractivity contribution is 6.01. The molecule has 0 saturated heterocycles. The van der Waals surface area contributed by atoms with Gasteiger partial charge in [0.25, 0.3) is 5.91 Å². The van der Waals surface area contributed by atoms with Gasteiger partial charge in [0, 0.05) is 10.9 Å². The lowest BCUT2D eigenvalue weighted by molar-refractivity contribution is -0.140. The monoisotopic (exact) mass is 272 g/mol. The normalized spacial score (nSPS) is 16.1. The molecule has 1 saturated carbocycles. The number of hydrogen-bond donors (Lipinski definition) is 3. The zero-order valence-corrected chi connectivity index (χ0v) is 11.4. The van der Waals surface area contributed by atoms with Crippen molar-refractivity contribution >= 4 is 22.8 Å². The number of carboxylic acid groups (broad SMARTS) is 1. The van der Waals surface area contributed by atoms with Crippen LogP contribution in [0.2, 0.25) is 0 Å². The molecular formula is C15H16N2O3. The van der Waals surface area contributed by atoms with Crippen molar-refractivity contribution in [3.63, 3.8) is 0 Å². The van der Waals surface area contributed by atoms with Crippen molar-refractivity contribution in [3.8, 4) is 0 Å². The first-order chi connectivity index (χ1) is 9.43. The number of H-pyrrole nitrogens is 1. The molecule has 2 aromatic rings. The van der Waals surface area contributed by atoms with E-state index in [0.717, 1.165) is 22.0 Å². The van der Waals surface area contributed by atoms with Crippen LogP contribution in [0.25, 0.3) is 10.9 Å². The summed E-state index contributed by atoms with van der Waals surface area (Å²) in [5.41, 5.74) is 2.52. The highest BCUT2D eigenvalue weighted by Crippen LogP contribution is 2.36. The fourth-order valence-corrected chi connectivity index (χ4v) is 2.38. The van der Waals surface area contributed by atoms with Crippen LogP contribution in [0.15, 0.2) is 18.2 Å². The summed E-state index contributed by atoms with van der Waals surface area (Å²) in [5, 5.41) is 12.7. The second-order valence-corrected chi connectivity index (χ2v) is 5.49. The molecule has 3 rings (SSSR count). The average Bonchev–Trinajstić information content (AvgIpc) is 3.04. The number of aromatic amines is 1. The molecule has 1 aliphatic rings. The zero-order valence-electron chi connectivity index (χ0n) is 11.4. The van der Waals surface area contributed by atoms with E-state index in [1.165, 1.54) is 0 Å². The van der Waals surface area contributed by atoms with Crippen LogP contribution in [0.1, 0.15) is 34.5 Å². The number of carbonyl (C=O) groups is 2. The van der Waals surface area contributed by atoms with Crippen LogP contribution in [-0.4, -0.2) is 27.5 Å². The van der Waals surface area contributed by atoms with Gasteiger partial charge in [0.2, 0.25) is 0 Å². The number of fused-ring (bicyclic) bond motifs is 1. The lowest BCUT2D eigenvalue weighted by Gasteiger charge is -2.11. The van der Waals surface area contributed by atoms with Crippen molar-refractivity contribution in [2.75, 3.05) is 0 Å². The van der Waals surface area contributed by atoms with Crippen molar-refractivity contribution in [1.29, 1.82) is 0 Å². The van der Waals surface area contributed by atoms with Gasteiger partial charge in [0.05, 0.1) is 0 Å². The van der Waals surface area contributed by atoms with Crippen LogP contribution >= 0.6 is 0 Å². The maximum absolute atomic E-state index is 12.2. The number of amides is 1. The van der Waals surface area contributed by atoms with Gasteiger partial charge in [-0.15, -0.1) is 0 Å². The molecule has 0 unspecified atom stereocenters. The molecule has 20 heavy (non-hydrogen) atoms. The minimum atomic E-state index is -1.06. The van der Waals surface area contributed by atoms with Gasteiger partial charge in [-0.2, -0.15) is 0 Å². The Balaban J connectivity index is 1.93. The summed E-state index contributed by atoms with van der Waals surface area (Å²) < 4.78 is 0. The first kappa shape index (κ1) is 12.7. The highest BCUT2D eigenvalue weighted by atomic mass is 16.4. The minimum absolute atomic E-state index is 0.363. The molecule has 0 bridgehead atoms. The van der Waals surface area contributed by atoms with E-state index in [1.54, 1.807) is 6.07 Å². The van der Waals surface area contributed by atoms with Gasteiger partial charge in [-0.25, -0.2) is 4.79 Å². The van der Waals surface area contributed by atoms with Crippen molar-refractivity contribution in [2.45, 2.75) is 32.2 Å². The van der Waals surface area contributed by atoms with E-state index < -0.39 is 11.5 Å². The Kier molecular flexibility index (Phi) is 2.61. The molecule has 0 radical (unpaired) electrons. The zero-order chi connectivity index (χ0) is 14.5. The number of aromatic nitrogens is 1. The Hall–Kier alpha value is -2.30. The number of aryl methyl sites for hydroxylation is 2. The lowest BCUT2D eigenvalue weighted by atomic mass is 10.1. The molecule has 5 heteroatoms. The van der Waals surface area contributed by atoms with Crippen molar-refractivity contribution < 1.29 is 14.7 Å². The summed E-state index contributed by atoms with van der Waals surface area (Å²) in [7, 11) is 0. The Morgan fingerprint density at radius 1 is 1.30 bits per heavy atom. The molecule has 0 spiro atoms. The molecule has 1 aromatic heterocycles. The molecule has 1 amide bonds. The topological polar surface area (TPSA) is 82.2 Å². The van der Waals surface area contributed by atoms with Crippen LogP contribution in [-0.2, 0) is 4.79 Å². The van der Waals surface area contributed by atoms with Crippen molar-refractivity contribution in [2.24, 2.45) is 0 Å². The third kappa shape index (κ3) is 1.86. The summed E-state index contributed by atoms with van der Waals surface area (Å²) in [6.45, 7) is 4.03. The van der Waals surface area contributed by atoms with E-state index in [4.69, 9.17) is 5.11 Å². The maximum atomic E-state index is 12.2. The third-order valence-electron chi connectivity index (χ3n) is 4.10. The summed E-state index contributed by atoms with van der Waals surface area (Å²) in [5.74, 6) is -1.33. The van der Waals surface area contributed by atoms with E-state index in [9.17, 15) is 9.59 Å². The third-order valence-corrected chi connectivity index (χ3v) is 4.10. The molecule has 1 aliphatic carbocycles. The number of hydrogen-bond acceptors (Lipinski definition) is 2. The molecule has 3 N–H and O–H groups in total. The van der Waals surface area contributed by atoms with Gasteiger partial charge in [0.1, 0.15) is 11.2 Å². The Morgan fingerprint density at radius 3 is 2.60 bits per heavy atom. The van der Waals surface area contributed by atoms with Gasteiger partial charge >= 0.3 is 5.97 Å². The summed E-state index contributed by atoms with van der Waals surface area (Å²) >= 11 is 0. The van der Waals surface area contributed by atoms with Gasteiger partial charge in [-0.1, -0.05) is 6.07 Å². The Labute approximate surface area is 116 Å². The quantitative estimate of drug-likeness (QED) is 0.800. The molecule has 1 heterocycles. The van der Waals surface area contributed by atoms with Crippen LogP contribution in [0, 0.1) is 13.8 Å². The predicted octanol–water partition coefficient (Wildman–Crippen LogP) is 2.13. The van der Waals surface area contributed by atoms with Crippen molar-refractivity contribution in [3.05, 3.63) is 35.0 Å². The van der Waals surface area contributed by atoms with E-state index in [-0.39, 0.29) is 5.91 Å². The van der Waals surface area contributed by atoms with Gasteiger partial charge in [-0.05, 0) is 49.9 Å². The number of benzene rings is 1. The van der Waals surface area contributed by atoms with Crippen LogP contribution < -0.4 is 5.32 Å². The molecule has 0 atom stereocenters. The number of carbonyl (C=O) groups excluding carboxylic acids is 1. The first-order valence-electron chi connectivity index (χ1n) is 6.58. The first-order valence-corrected chi connectivity index (χ1v) is 6.58. The summed E-state index contributed by atoms with van der Waals surface area (Å²) in [4.78, 5) is 26.3. The van der Waals surface area contributed by atoms with E-state index in [2.05, 4.69) is 10.3 Å². The standard InChI is InChI=1S/C15H16N2O3/c1-8-3-4-11-10(9(8)2)7-12(16-11)13(18)17-15(5-6-15)14(19)20/h3-4,7,16H,5-6H2,1-2H3,(H,17,18)(H,19,20). The number of carboxylic acids is 1. The maximum Gasteiger partial charge on any atom is 0.329 e. The smallest absolute Gasteiger partial charge is 0.329 e. The van der Waals surface area contributed by atoms with Crippen LogP contribution in [0.4, 0.5) is 0 Å². The highest BCUT2D eigenvalue weighted by Gasteiger charge is 2.51. The van der Waals surface area contributed by atoms with Gasteiger partial charge in [0.15, 0.2) is 0 Å².